The van der Waals surface area contributed by atoms with Gasteiger partial charge in [0, 0.05) is 21.5 Å². The number of carboxylic acid groups (broad SMARTS) is 1. The number of hydrogen-bond acceptors (Lipinski definition) is 3. The van der Waals surface area contributed by atoms with Gasteiger partial charge in [-0.05, 0) is 17.5 Å². The molecule has 0 saturated heterocycles. The summed E-state index contributed by atoms with van der Waals surface area (Å²) >= 11 is 1.51. The van der Waals surface area contributed by atoms with Crippen molar-refractivity contribution in [3.8, 4) is 0 Å². The molecule has 2 aromatic rings. The molecule has 2 rings (SSSR count). The van der Waals surface area contributed by atoms with Crippen molar-refractivity contribution in [2.24, 2.45) is 0 Å². The summed E-state index contributed by atoms with van der Waals surface area (Å²) in [6, 6.07) is 9.79. The monoisotopic (exact) mass is 205 g/mol. The molecule has 72 valence electrons. The van der Waals surface area contributed by atoms with E-state index in [1.165, 1.54) is 11.3 Å². The zero-order valence-corrected chi connectivity index (χ0v) is 8.51. The van der Waals surface area contributed by atoms with Crippen molar-refractivity contribution < 1.29 is 9.90 Å². The lowest BCUT2D eigenvalue weighted by atomic mass is 10.1. The minimum absolute atomic E-state index is 0.521. The molecule has 0 aliphatic carbocycles. The van der Waals surface area contributed by atoms with E-state index in [9.17, 15) is 9.90 Å². The fourth-order valence-electron chi connectivity index (χ4n) is 1.33. The molecule has 0 saturated carbocycles. The molecule has 0 unspecified atom stereocenters. The molecule has 1 heterocycles. The number of fused-ring (bicyclic) bond motifs is 1. The maximum absolute atomic E-state index is 10.7. The Morgan fingerprint density at radius 1 is 1.43 bits per heavy atom. The zero-order valence-electron chi connectivity index (χ0n) is 7.69. The molecule has 1 atom stereocenters. The van der Waals surface area contributed by atoms with Crippen LogP contribution in [0.25, 0.3) is 10.1 Å². The number of aliphatic carboxylic acids is 1. The summed E-state index contributed by atoms with van der Waals surface area (Å²) in [5.74, 6) is -1.54. The number of hydrogen-bond donors (Lipinski definition) is 0. The van der Waals surface area contributed by atoms with Gasteiger partial charge in [-0.1, -0.05) is 25.1 Å². The fourth-order valence-corrected chi connectivity index (χ4v) is 2.44. The molecule has 2 nitrogen and oxygen atoms in total. The molecule has 0 spiro atoms. The standard InChI is InChI=1S/C11H10O2S/c1-7(11(12)13)10-6-8-4-2-3-5-9(8)14-10/h2-7H,1H3,(H,12,13)/p-1/t7-/m0/s1. The lowest BCUT2D eigenvalue weighted by molar-refractivity contribution is -0.307. The molecule has 0 N–H and O–H groups in total. The highest BCUT2D eigenvalue weighted by Gasteiger charge is 2.09. The molecule has 0 fully saturated rings. The van der Waals surface area contributed by atoms with Crippen LogP contribution in [0, 0.1) is 0 Å². The van der Waals surface area contributed by atoms with Crippen LogP contribution in [-0.2, 0) is 4.79 Å². The van der Waals surface area contributed by atoms with Gasteiger partial charge in [-0.25, -0.2) is 0 Å². The lowest BCUT2D eigenvalue weighted by Crippen LogP contribution is -2.27. The van der Waals surface area contributed by atoms with Crippen molar-refractivity contribution in [1.82, 2.24) is 0 Å². The summed E-state index contributed by atoms with van der Waals surface area (Å²) in [5.41, 5.74) is 0. The third kappa shape index (κ3) is 1.51. The number of carbonyl (C=O) groups excluding carboxylic acids is 1. The number of carboxylic acids is 1. The third-order valence-corrected chi connectivity index (χ3v) is 3.52. The normalized spacial score (nSPS) is 12.9. The van der Waals surface area contributed by atoms with E-state index in [-0.39, 0.29) is 0 Å². The average Bonchev–Trinajstić information content (AvgIpc) is 2.59. The first-order valence-electron chi connectivity index (χ1n) is 4.38. The van der Waals surface area contributed by atoms with Crippen LogP contribution in [0.15, 0.2) is 30.3 Å². The third-order valence-electron chi connectivity index (χ3n) is 2.22. The summed E-state index contributed by atoms with van der Waals surface area (Å²) in [5, 5.41) is 11.8. The van der Waals surface area contributed by atoms with Gasteiger partial charge < -0.3 is 9.90 Å². The minimum Gasteiger partial charge on any atom is -0.549 e. The molecule has 3 heteroatoms. The van der Waals surface area contributed by atoms with Gasteiger partial charge in [0.25, 0.3) is 0 Å². The van der Waals surface area contributed by atoms with E-state index in [0.29, 0.717) is 0 Å². The number of carbonyl (C=O) groups is 1. The van der Waals surface area contributed by atoms with Crippen molar-refractivity contribution in [3.05, 3.63) is 35.2 Å². The van der Waals surface area contributed by atoms with Crippen molar-refractivity contribution in [1.29, 1.82) is 0 Å². The highest BCUT2D eigenvalue weighted by molar-refractivity contribution is 7.19. The first-order chi connectivity index (χ1) is 6.68. The maximum Gasteiger partial charge on any atom is 0.0494 e. The van der Waals surface area contributed by atoms with Crippen LogP contribution in [-0.4, -0.2) is 5.97 Å². The van der Waals surface area contributed by atoms with Crippen LogP contribution in [0.1, 0.15) is 17.7 Å². The van der Waals surface area contributed by atoms with Gasteiger partial charge >= 0.3 is 0 Å². The Balaban J connectivity index is 2.50. The van der Waals surface area contributed by atoms with Gasteiger partial charge in [0.1, 0.15) is 0 Å². The van der Waals surface area contributed by atoms with Crippen LogP contribution in [0.5, 0.6) is 0 Å². The summed E-state index contributed by atoms with van der Waals surface area (Å²) in [6.45, 7) is 1.65. The Labute approximate surface area is 85.8 Å². The second-order valence-corrected chi connectivity index (χ2v) is 4.34. The SMILES string of the molecule is C[C@H](C(=O)[O-])c1cc2ccccc2s1. The first kappa shape index (κ1) is 9.21. The van der Waals surface area contributed by atoms with Crippen LogP contribution in [0.4, 0.5) is 0 Å². The minimum atomic E-state index is -1.02. The summed E-state index contributed by atoms with van der Waals surface area (Å²) in [6.07, 6.45) is 0. The quantitative estimate of drug-likeness (QED) is 0.749. The summed E-state index contributed by atoms with van der Waals surface area (Å²) in [7, 11) is 0. The van der Waals surface area contributed by atoms with Gasteiger partial charge in [0.05, 0.1) is 0 Å². The van der Waals surface area contributed by atoms with E-state index in [1.54, 1.807) is 6.92 Å². The van der Waals surface area contributed by atoms with Gasteiger partial charge in [-0.2, -0.15) is 0 Å². The van der Waals surface area contributed by atoms with Crippen LogP contribution in [0.3, 0.4) is 0 Å². The highest BCUT2D eigenvalue weighted by Crippen LogP contribution is 2.30. The Morgan fingerprint density at radius 2 is 2.14 bits per heavy atom. The van der Waals surface area contributed by atoms with Crippen LogP contribution in [0.2, 0.25) is 0 Å². The van der Waals surface area contributed by atoms with E-state index in [0.717, 1.165) is 15.0 Å². The molecule has 0 aliphatic rings. The summed E-state index contributed by atoms with van der Waals surface area (Å²) < 4.78 is 1.12. The van der Waals surface area contributed by atoms with Crippen molar-refractivity contribution in [2.45, 2.75) is 12.8 Å². The maximum atomic E-state index is 10.7. The van der Waals surface area contributed by atoms with Crippen molar-refractivity contribution in [2.75, 3.05) is 0 Å². The van der Waals surface area contributed by atoms with Gasteiger partial charge in [-0.3, -0.25) is 0 Å². The molecule has 0 bridgehead atoms. The number of thiophene rings is 1. The predicted octanol–water partition coefficient (Wildman–Crippen LogP) is 1.75. The smallest absolute Gasteiger partial charge is 0.0494 e. The van der Waals surface area contributed by atoms with E-state index in [2.05, 4.69) is 0 Å². The Kier molecular flexibility index (Phi) is 2.25. The van der Waals surface area contributed by atoms with Gasteiger partial charge in [0.15, 0.2) is 0 Å². The molecule has 1 aromatic heterocycles. The fraction of sp³-hybridized carbons (Fsp3) is 0.182. The molecular weight excluding hydrogens is 196 g/mol. The van der Waals surface area contributed by atoms with E-state index in [1.807, 2.05) is 30.3 Å². The Morgan fingerprint density at radius 3 is 2.79 bits per heavy atom. The largest absolute Gasteiger partial charge is 0.549 e. The van der Waals surface area contributed by atoms with Gasteiger partial charge in [0.2, 0.25) is 0 Å². The van der Waals surface area contributed by atoms with E-state index >= 15 is 0 Å². The lowest BCUT2D eigenvalue weighted by Gasteiger charge is -2.08. The molecule has 0 amide bonds. The number of rotatable bonds is 2. The van der Waals surface area contributed by atoms with E-state index in [4.69, 9.17) is 0 Å². The Hall–Kier alpha value is -1.35. The second-order valence-electron chi connectivity index (χ2n) is 3.23. The molecule has 0 radical (unpaired) electrons. The highest BCUT2D eigenvalue weighted by atomic mass is 32.1. The topological polar surface area (TPSA) is 40.1 Å². The van der Waals surface area contributed by atoms with E-state index < -0.39 is 11.9 Å². The van der Waals surface area contributed by atoms with Crippen LogP contribution >= 0.6 is 11.3 Å². The molecule has 1 aromatic carbocycles. The van der Waals surface area contributed by atoms with Crippen molar-refractivity contribution >= 4 is 27.4 Å². The zero-order chi connectivity index (χ0) is 10.1. The second kappa shape index (κ2) is 3.42. The average molecular weight is 205 g/mol. The Bertz CT molecular complexity index is 440. The summed E-state index contributed by atoms with van der Waals surface area (Å²) in [4.78, 5) is 11.5. The van der Waals surface area contributed by atoms with Gasteiger partial charge in [-0.15, -0.1) is 11.3 Å². The first-order valence-corrected chi connectivity index (χ1v) is 5.19. The van der Waals surface area contributed by atoms with Crippen molar-refractivity contribution in [3.63, 3.8) is 0 Å². The molecule has 0 aliphatic heterocycles. The molecular formula is C11H9O2S-. The van der Waals surface area contributed by atoms with Crippen LogP contribution < -0.4 is 5.11 Å². The number of benzene rings is 1. The predicted molar refractivity (Wildman–Crippen MR) is 55.2 cm³/mol. The molecule has 14 heavy (non-hydrogen) atoms.